The summed E-state index contributed by atoms with van der Waals surface area (Å²) >= 11 is 0. The molecule has 0 aliphatic heterocycles. The maximum atomic E-state index is 13.4. The van der Waals surface area contributed by atoms with Crippen LogP contribution in [0.3, 0.4) is 0 Å². The van der Waals surface area contributed by atoms with Crippen LogP contribution in [-0.2, 0) is 18.4 Å². The van der Waals surface area contributed by atoms with Crippen molar-refractivity contribution in [3.63, 3.8) is 0 Å². The second kappa shape index (κ2) is 5.11. The van der Waals surface area contributed by atoms with E-state index in [2.05, 4.69) is 0 Å². The Morgan fingerprint density at radius 2 is 1.86 bits per heavy atom. The van der Waals surface area contributed by atoms with E-state index in [1.54, 1.807) is 7.11 Å². The van der Waals surface area contributed by atoms with Crippen molar-refractivity contribution in [1.82, 2.24) is 0 Å². The molecule has 2 aromatic carbocycles. The van der Waals surface area contributed by atoms with E-state index in [9.17, 15) is 13.9 Å². The van der Waals surface area contributed by atoms with Crippen molar-refractivity contribution in [3.8, 4) is 5.75 Å². The predicted octanol–water partition coefficient (Wildman–Crippen LogP) is 3.35. The average Bonchev–Trinajstić information content (AvgIpc) is 2.49. The van der Waals surface area contributed by atoms with Crippen molar-refractivity contribution in [1.29, 1.82) is 0 Å². The highest BCUT2D eigenvalue weighted by Crippen LogP contribution is 2.38. The molecule has 0 aromatic heterocycles. The Kier molecular flexibility index (Phi) is 3.41. The Morgan fingerprint density at radius 1 is 1.05 bits per heavy atom. The lowest BCUT2D eigenvalue weighted by Crippen LogP contribution is -2.33. The molecule has 0 fully saturated rings. The first-order valence-electron chi connectivity index (χ1n) is 6.85. The van der Waals surface area contributed by atoms with E-state index < -0.39 is 17.2 Å². The van der Waals surface area contributed by atoms with Gasteiger partial charge in [-0.25, -0.2) is 8.78 Å². The third kappa shape index (κ3) is 2.51. The summed E-state index contributed by atoms with van der Waals surface area (Å²) in [5.41, 5.74) is 1.37. The van der Waals surface area contributed by atoms with Gasteiger partial charge in [-0.2, -0.15) is 0 Å². The fourth-order valence-electron chi connectivity index (χ4n) is 2.91. The minimum Gasteiger partial charge on any atom is -0.497 e. The van der Waals surface area contributed by atoms with E-state index >= 15 is 0 Å². The number of methoxy groups -OCH3 is 1. The maximum Gasteiger partial charge on any atom is 0.159 e. The number of halogens is 2. The molecular formula is C17H16F2O2. The largest absolute Gasteiger partial charge is 0.497 e. The monoisotopic (exact) mass is 290 g/mol. The van der Waals surface area contributed by atoms with E-state index in [1.807, 2.05) is 18.2 Å². The Labute approximate surface area is 122 Å². The average molecular weight is 290 g/mol. The molecular weight excluding hydrogens is 274 g/mol. The molecule has 1 N–H and O–H groups in total. The molecule has 21 heavy (non-hydrogen) atoms. The molecule has 0 radical (unpaired) electrons. The minimum atomic E-state index is -1.17. The molecule has 1 aliphatic carbocycles. The van der Waals surface area contributed by atoms with Crippen LogP contribution in [0.15, 0.2) is 36.4 Å². The van der Waals surface area contributed by atoms with Crippen molar-refractivity contribution in [3.05, 3.63) is 64.7 Å². The van der Waals surface area contributed by atoms with E-state index in [4.69, 9.17) is 4.74 Å². The third-order valence-corrected chi connectivity index (χ3v) is 4.16. The van der Waals surface area contributed by atoms with Crippen molar-refractivity contribution in [2.24, 2.45) is 0 Å². The standard InChI is InChI=1S/C17H16F2O2/c1-21-14-4-2-11-6-7-17(20,10-12(11)8-14)13-3-5-15(18)16(19)9-13/h2-5,8-9,20H,6-7,10H2,1H3. The lowest BCUT2D eigenvalue weighted by atomic mass is 9.76. The molecule has 0 amide bonds. The normalized spacial score (nSPS) is 21.0. The van der Waals surface area contributed by atoms with Gasteiger partial charge in [-0.3, -0.25) is 0 Å². The molecule has 2 nitrogen and oxygen atoms in total. The Hall–Kier alpha value is -1.94. The SMILES string of the molecule is COc1ccc2c(c1)CC(O)(c1ccc(F)c(F)c1)CC2. The van der Waals surface area contributed by atoms with E-state index in [0.29, 0.717) is 24.8 Å². The first-order valence-corrected chi connectivity index (χ1v) is 6.85. The maximum absolute atomic E-state index is 13.4. The van der Waals surface area contributed by atoms with Crippen LogP contribution in [-0.4, -0.2) is 12.2 Å². The molecule has 0 heterocycles. The van der Waals surface area contributed by atoms with Gasteiger partial charge in [0.1, 0.15) is 5.75 Å². The van der Waals surface area contributed by atoms with Gasteiger partial charge in [0.05, 0.1) is 12.7 Å². The summed E-state index contributed by atoms with van der Waals surface area (Å²) in [6.07, 6.45) is 1.54. The second-order valence-corrected chi connectivity index (χ2v) is 5.47. The summed E-state index contributed by atoms with van der Waals surface area (Å²) in [5.74, 6) is -1.11. The quantitative estimate of drug-likeness (QED) is 0.919. The smallest absolute Gasteiger partial charge is 0.159 e. The second-order valence-electron chi connectivity index (χ2n) is 5.47. The molecule has 1 aliphatic rings. The van der Waals surface area contributed by atoms with Crippen molar-refractivity contribution in [2.45, 2.75) is 24.9 Å². The van der Waals surface area contributed by atoms with E-state index in [0.717, 1.165) is 29.0 Å². The third-order valence-electron chi connectivity index (χ3n) is 4.16. The molecule has 0 saturated carbocycles. The topological polar surface area (TPSA) is 29.5 Å². The van der Waals surface area contributed by atoms with Gasteiger partial charge in [-0.05, 0) is 53.8 Å². The molecule has 110 valence electrons. The first kappa shape index (κ1) is 14.0. The van der Waals surface area contributed by atoms with Gasteiger partial charge in [0, 0.05) is 6.42 Å². The fourth-order valence-corrected chi connectivity index (χ4v) is 2.91. The van der Waals surface area contributed by atoms with Crippen LogP contribution < -0.4 is 4.74 Å². The van der Waals surface area contributed by atoms with Gasteiger partial charge in [0.15, 0.2) is 11.6 Å². The minimum absolute atomic E-state index is 0.366. The zero-order valence-corrected chi connectivity index (χ0v) is 11.7. The Morgan fingerprint density at radius 3 is 2.57 bits per heavy atom. The number of hydrogen-bond acceptors (Lipinski definition) is 2. The fraction of sp³-hybridized carbons (Fsp3) is 0.294. The highest BCUT2D eigenvalue weighted by Gasteiger charge is 2.34. The van der Waals surface area contributed by atoms with Crippen molar-refractivity contribution in [2.75, 3.05) is 7.11 Å². The molecule has 1 unspecified atom stereocenters. The Balaban J connectivity index is 1.97. The number of ether oxygens (including phenoxy) is 1. The van der Waals surface area contributed by atoms with Crippen LogP contribution in [0.5, 0.6) is 5.75 Å². The number of fused-ring (bicyclic) bond motifs is 1. The molecule has 0 bridgehead atoms. The van der Waals surface area contributed by atoms with Crippen LogP contribution in [0.25, 0.3) is 0 Å². The van der Waals surface area contributed by atoms with Gasteiger partial charge in [-0.15, -0.1) is 0 Å². The highest BCUT2D eigenvalue weighted by atomic mass is 19.2. The summed E-state index contributed by atoms with van der Waals surface area (Å²) in [4.78, 5) is 0. The zero-order valence-electron chi connectivity index (χ0n) is 11.7. The lowest BCUT2D eigenvalue weighted by molar-refractivity contribution is 0.0218. The molecule has 1 atom stereocenters. The molecule has 0 spiro atoms. The van der Waals surface area contributed by atoms with Crippen LogP contribution in [0.4, 0.5) is 8.78 Å². The van der Waals surface area contributed by atoms with Crippen molar-refractivity contribution >= 4 is 0 Å². The first-order chi connectivity index (χ1) is 10.0. The number of hydrogen-bond donors (Lipinski definition) is 1. The van der Waals surface area contributed by atoms with E-state index in [1.165, 1.54) is 6.07 Å². The summed E-state index contributed by atoms with van der Waals surface area (Å²) in [5, 5.41) is 10.8. The summed E-state index contributed by atoms with van der Waals surface area (Å²) < 4.78 is 31.7. The number of rotatable bonds is 2. The molecule has 3 rings (SSSR count). The van der Waals surface area contributed by atoms with Gasteiger partial charge in [0.25, 0.3) is 0 Å². The van der Waals surface area contributed by atoms with Crippen LogP contribution in [0.2, 0.25) is 0 Å². The highest BCUT2D eigenvalue weighted by molar-refractivity contribution is 5.40. The van der Waals surface area contributed by atoms with Crippen molar-refractivity contribution < 1.29 is 18.6 Å². The number of benzene rings is 2. The predicted molar refractivity (Wildman–Crippen MR) is 75.3 cm³/mol. The lowest BCUT2D eigenvalue weighted by Gasteiger charge is -2.34. The van der Waals surface area contributed by atoms with Gasteiger partial charge >= 0.3 is 0 Å². The zero-order chi connectivity index (χ0) is 15.0. The summed E-state index contributed by atoms with van der Waals surface area (Å²) in [6, 6.07) is 9.35. The van der Waals surface area contributed by atoms with E-state index in [-0.39, 0.29) is 0 Å². The van der Waals surface area contributed by atoms with Gasteiger partial charge < -0.3 is 9.84 Å². The van der Waals surface area contributed by atoms with Crippen LogP contribution in [0, 0.1) is 11.6 Å². The number of aryl methyl sites for hydroxylation is 1. The van der Waals surface area contributed by atoms with Crippen LogP contribution >= 0.6 is 0 Å². The summed E-state index contributed by atoms with van der Waals surface area (Å²) in [7, 11) is 1.59. The van der Waals surface area contributed by atoms with Gasteiger partial charge in [-0.1, -0.05) is 12.1 Å². The molecule has 4 heteroatoms. The number of aliphatic hydroxyl groups is 1. The Bertz CT molecular complexity index is 684. The van der Waals surface area contributed by atoms with Crippen LogP contribution in [0.1, 0.15) is 23.1 Å². The molecule has 0 saturated heterocycles. The molecule has 2 aromatic rings. The van der Waals surface area contributed by atoms with Gasteiger partial charge in [0.2, 0.25) is 0 Å². The summed E-state index contributed by atoms with van der Waals surface area (Å²) in [6.45, 7) is 0.